The third kappa shape index (κ3) is 4.08. The number of hydrogen-bond donors (Lipinski definition) is 2. The molecule has 0 radical (unpaired) electrons. The zero-order valence-corrected chi connectivity index (χ0v) is 13.5. The van der Waals surface area contributed by atoms with Gasteiger partial charge in [0.05, 0.1) is 5.56 Å². The van der Waals surface area contributed by atoms with E-state index in [9.17, 15) is 4.79 Å². The van der Waals surface area contributed by atoms with E-state index in [1.165, 1.54) is 0 Å². The van der Waals surface area contributed by atoms with E-state index in [0.717, 1.165) is 5.56 Å². The van der Waals surface area contributed by atoms with Crippen molar-refractivity contribution in [3.8, 4) is 0 Å². The maximum absolute atomic E-state index is 12.5. The first-order valence-electron chi connectivity index (χ1n) is 7.37. The van der Waals surface area contributed by atoms with Gasteiger partial charge in [0, 0.05) is 35.8 Å². The van der Waals surface area contributed by atoms with E-state index < -0.39 is 0 Å². The van der Waals surface area contributed by atoms with E-state index in [0.29, 0.717) is 28.6 Å². The largest absolute Gasteiger partial charge is 0.365 e. The number of carbonyl (C=O) groups excluding carboxylic acids is 1. The highest BCUT2D eigenvalue weighted by Gasteiger charge is 2.12. The fourth-order valence-corrected chi connectivity index (χ4v) is 2.27. The van der Waals surface area contributed by atoms with Gasteiger partial charge in [-0.15, -0.1) is 0 Å². The third-order valence-electron chi connectivity index (χ3n) is 3.36. The molecule has 0 unspecified atom stereocenters. The van der Waals surface area contributed by atoms with Crippen LogP contribution in [0.25, 0.3) is 0 Å². The van der Waals surface area contributed by atoms with E-state index >= 15 is 0 Å². The summed E-state index contributed by atoms with van der Waals surface area (Å²) in [5.41, 5.74) is 2.20. The number of rotatable bonds is 5. The van der Waals surface area contributed by atoms with Gasteiger partial charge in [-0.3, -0.25) is 9.78 Å². The number of nitrogens with one attached hydrogen (secondary N) is 2. The highest BCUT2D eigenvalue weighted by atomic mass is 35.5. The van der Waals surface area contributed by atoms with Gasteiger partial charge in [0.2, 0.25) is 0 Å². The summed E-state index contributed by atoms with van der Waals surface area (Å²) >= 11 is 5.85. The fourth-order valence-electron chi connectivity index (χ4n) is 2.15. The number of amides is 1. The summed E-state index contributed by atoms with van der Waals surface area (Å²) in [6, 6.07) is 14.2. The lowest BCUT2D eigenvalue weighted by Crippen LogP contribution is -2.15. The molecule has 6 heteroatoms. The quantitative estimate of drug-likeness (QED) is 0.738. The van der Waals surface area contributed by atoms with Crippen molar-refractivity contribution in [1.29, 1.82) is 0 Å². The fraction of sp³-hybridized carbons (Fsp3) is 0.0556. The maximum Gasteiger partial charge on any atom is 0.259 e. The van der Waals surface area contributed by atoms with Crippen LogP contribution >= 0.6 is 11.6 Å². The van der Waals surface area contributed by atoms with Crippen LogP contribution in [0.3, 0.4) is 0 Å². The lowest BCUT2D eigenvalue weighted by atomic mass is 10.2. The van der Waals surface area contributed by atoms with Gasteiger partial charge in [0.1, 0.15) is 5.82 Å². The van der Waals surface area contributed by atoms with Gasteiger partial charge >= 0.3 is 0 Å². The molecule has 2 N–H and O–H groups in total. The monoisotopic (exact) mass is 338 g/mol. The van der Waals surface area contributed by atoms with Crippen LogP contribution in [0, 0.1) is 0 Å². The van der Waals surface area contributed by atoms with Crippen molar-refractivity contribution in [1.82, 2.24) is 9.97 Å². The standard InChI is InChI=1S/C18H15ClN4O/c19-14-3-5-15(6-4-14)23-18(24)16-2-1-9-21-17(16)22-12-13-7-10-20-11-8-13/h1-11H,12H2,(H,21,22)(H,23,24). The van der Waals surface area contributed by atoms with Crippen molar-refractivity contribution in [2.45, 2.75) is 6.54 Å². The highest BCUT2D eigenvalue weighted by Crippen LogP contribution is 2.17. The summed E-state index contributed by atoms with van der Waals surface area (Å²) in [5, 5.41) is 6.64. The average Bonchev–Trinajstić information content (AvgIpc) is 2.63. The Bertz CT molecular complexity index is 822. The summed E-state index contributed by atoms with van der Waals surface area (Å²) in [4.78, 5) is 20.7. The minimum Gasteiger partial charge on any atom is -0.365 e. The number of hydrogen-bond acceptors (Lipinski definition) is 4. The Morgan fingerprint density at radius 2 is 1.75 bits per heavy atom. The van der Waals surface area contributed by atoms with Crippen molar-refractivity contribution in [3.05, 3.63) is 83.3 Å². The van der Waals surface area contributed by atoms with Gasteiger partial charge in [-0.1, -0.05) is 11.6 Å². The van der Waals surface area contributed by atoms with E-state index in [1.54, 1.807) is 55.0 Å². The normalized spacial score (nSPS) is 10.2. The van der Waals surface area contributed by atoms with Crippen LogP contribution in [-0.4, -0.2) is 15.9 Å². The first kappa shape index (κ1) is 16.0. The van der Waals surface area contributed by atoms with Crippen molar-refractivity contribution in [3.63, 3.8) is 0 Å². The van der Waals surface area contributed by atoms with Crippen LogP contribution in [0.1, 0.15) is 15.9 Å². The van der Waals surface area contributed by atoms with Crippen LogP contribution in [0.5, 0.6) is 0 Å². The van der Waals surface area contributed by atoms with Crippen LogP contribution < -0.4 is 10.6 Å². The number of aromatic nitrogens is 2. The molecule has 0 saturated heterocycles. The Morgan fingerprint density at radius 3 is 2.50 bits per heavy atom. The Labute approximate surface area is 144 Å². The lowest BCUT2D eigenvalue weighted by Gasteiger charge is -2.11. The van der Waals surface area contributed by atoms with Crippen LogP contribution in [0.2, 0.25) is 5.02 Å². The van der Waals surface area contributed by atoms with Gasteiger partial charge in [-0.05, 0) is 54.1 Å². The molecule has 0 aliphatic carbocycles. The second-order valence-corrected chi connectivity index (χ2v) is 5.51. The predicted octanol–water partition coefficient (Wildman–Crippen LogP) is 3.99. The molecule has 0 bridgehead atoms. The number of benzene rings is 1. The number of pyridine rings is 2. The SMILES string of the molecule is O=C(Nc1ccc(Cl)cc1)c1cccnc1NCc1ccncc1. The first-order valence-corrected chi connectivity index (χ1v) is 7.75. The van der Waals surface area contributed by atoms with Crippen LogP contribution in [0.15, 0.2) is 67.1 Å². The predicted molar refractivity (Wildman–Crippen MR) is 95.2 cm³/mol. The molecule has 2 aromatic heterocycles. The smallest absolute Gasteiger partial charge is 0.259 e. The molecule has 1 amide bonds. The van der Waals surface area contributed by atoms with Gasteiger partial charge in [0.15, 0.2) is 0 Å². The molecular weight excluding hydrogens is 324 g/mol. The Hall–Kier alpha value is -2.92. The summed E-state index contributed by atoms with van der Waals surface area (Å²) in [7, 11) is 0. The molecule has 2 heterocycles. The molecule has 3 aromatic rings. The number of nitrogens with zero attached hydrogens (tertiary/aromatic N) is 2. The van der Waals surface area contributed by atoms with Gasteiger partial charge in [0.25, 0.3) is 5.91 Å². The molecule has 3 rings (SSSR count). The summed E-state index contributed by atoms with van der Waals surface area (Å²) < 4.78 is 0. The zero-order valence-electron chi connectivity index (χ0n) is 12.7. The summed E-state index contributed by atoms with van der Waals surface area (Å²) in [6.45, 7) is 0.556. The lowest BCUT2D eigenvalue weighted by molar-refractivity contribution is 0.102. The maximum atomic E-state index is 12.5. The number of carbonyl (C=O) groups is 1. The number of halogens is 1. The molecule has 0 aliphatic heterocycles. The number of anilines is 2. The molecule has 0 spiro atoms. The molecular formula is C18H15ClN4O. The highest BCUT2D eigenvalue weighted by molar-refractivity contribution is 6.30. The van der Waals surface area contributed by atoms with Crippen molar-refractivity contribution in [2.24, 2.45) is 0 Å². The van der Waals surface area contributed by atoms with Crippen LogP contribution in [-0.2, 0) is 6.54 Å². The van der Waals surface area contributed by atoms with E-state index in [4.69, 9.17) is 11.6 Å². The Morgan fingerprint density at radius 1 is 1.00 bits per heavy atom. The van der Waals surface area contributed by atoms with Gasteiger partial charge < -0.3 is 10.6 Å². The second-order valence-electron chi connectivity index (χ2n) is 5.07. The van der Waals surface area contributed by atoms with E-state index in [2.05, 4.69) is 20.6 Å². The van der Waals surface area contributed by atoms with Crippen molar-refractivity contribution in [2.75, 3.05) is 10.6 Å². The molecule has 120 valence electrons. The molecule has 0 atom stereocenters. The molecule has 1 aromatic carbocycles. The van der Waals surface area contributed by atoms with Gasteiger partial charge in [-0.25, -0.2) is 4.98 Å². The summed E-state index contributed by atoms with van der Waals surface area (Å²) in [6.07, 6.45) is 5.10. The molecule has 0 saturated carbocycles. The van der Waals surface area contributed by atoms with Gasteiger partial charge in [-0.2, -0.15) is 0 Å². The summed E-state index contributed by atoms with van der Waals surface area (Å²) in [5.74, 6) is 0.295. The second kappa shape index (κ2) is 7.57. The third-order valence-corrected chi connectivity index (χ3v) is 3.62. The Kier molecular flexibility index (Phi) is 5.03. The van der Waals surface area contributed by atoms with E-state index in [1.807, 2.05) is 12.1 Å². The first-order chi connectivity index (χ1) is 11.7. The minimum absolute atomic E-state index is 0.234. The zero-order chi connectivity index (χ0) is 16.8. The molecule has 5 nitrogen and oxygen atoms in total. The molecule has 24 heavy (non-hydrogen) atoms. The van der Waals surface area contributed by atoms with Crippen molar-refractivity contribution >= 4 is 29.0 Å². The molecule has 0 fully saturated rings. The topological polar surface area (TPSA) is 66.9 Å². The molecule has 0 aliphatic rings. The average molecular weight is 339 g/mol. The Balaban J connectivity index is 1.73. The minimum atomic E-state index is -0.234. The van der Waals surface area contributed by atoms with Crippen LogP contribution in [0.4, 0.5) is 11.5 Å². The van der Waals surface area contributed by atoms with E-state index in [-0.39, 0.29) is 5.91 Å². The van der Waals surface area contributed by atoms with Crippen molar-refractivity contribution < 1.29 is 4.79 Å².